The lowest BCUT2D eigenvalue weighted by Crippen LogP contribution is -2.45. The molecule has 3 aromatic rings. The van der Waals surface area contributed by atoms with E-state index in [0.717, 1.165) is 13.0 Å². The highest BCUT2D eigenvalue weighted by Crippen LogP contribution is 2.18. The molecule has 1 aliphatic heterocycles. The number of fused-ring (bicyclic) bond motifs is 1. The number of hydrogen-bond acceptors (Lipinski definition) is 3. The van der Waals surface area contributed by atoms with Gasteiger partial charge >= 0.3 is 0 Å². The van der Waals surface area contributed by atoms with Crippen molar-refractivity contribution in [3.8, 4) is 0 Å². The molecule has 2 aromatic carbocycles. The second-order valence-electron chi connectivity index (χ2n) is 7.59. The van der Waals surface area contributed by atoms with E-state index < -0.39 is 0 Å². The fourth-order valence-corrected chi connectivity index (χ4v) is 3.83. The average molecular weight is 544 g/mol. The number of amides is 1. The van der Waals surface area contributed by atoms with Crippen LogP contribution in [-0.4, -0.2) is 46.7 Å². The predicted octanol–water partition coefficient (Wildman–Crippen LogP) is 2.80. The van der Waals surface area contributed by atoms with Gasteiger partial charge < -0.3 is 15.5 Å². The summed E-state index contributed by atoms with van der Waals surface area (Å²) in [5, 5.41) is 10.8. The van der Waals surface area contributed by atoms with Gasteiger partial charge in [-0.15, -0.1) is 24.0 Å². The zero-order chi connectivity index (χ0) is 21.5. The molecule has 32 heavy (non-hydrogen) atoms. The normalized spacial score (nSPS) is 13.2. The number of hydrogen-bond donors (Lipinski definition) is 2. The Morgan fingerprint density at radius 3 is 2.53 bits per heavy atom. The zero-order valence-electron chi connectivity index (χ0n) is 18.2. The van der Waals surface area contributed by atoms with E-state index in [1.807, 2.05) is 40.0 Å². The molecule has 0 saturated carbocycles. The quantitative estimate of drug-likeness (QED) is 0.285. The number of halogens is 1. The Hall–Kier alpha value is -2.88. The summed E-state index contributed by atoms with van der Waals surface area (Å²) in [6.07, 6.45) is 4.64. The van der Waals surface area contributed by atoms with Crippen molar-refractivity contribution in [3.05, 3.63) is 89.2 Å². The molecule has 8 heteroatoms. The molecular weight excluding hydrogens is 515 g/mol. The number of aromatic nitrogens is 2. The highest BCUT2D eigenvalue weighted by Gasteiger charge is 2.20. The Labute approximate surface area is 205 Å². The van der Waals surface area contributed by atoms with Crippen molar-refractivity contribution in [1.29, 1.82) is 0 Å². The smallest absolute Gasteiger partial charge is 0.242 e. The van der Waals surface area contributed by atoms with Crippen LogP contribution < -0.4 is 10.6 Å². The van der Waals surface area contributed by atoms with E-state index in [-0.39, 0.29) is 36.4 Å². The fraction of sp³-hybridized carbons (Fsp3) is 0.292. The van der Waals surface area contributed by atoms with Gasteiger partial charge in [-0.1, -0.05) is 48.5 Å². The Morgan fingerprint density at radius 2 is 1.78 bits per heavy atom. The van der Waals surface area contributed by atoms with E-state index in [0.29, 0.717) is 25.6 Å². The molecule has 0 aliphatic carbocycles. The van der Waals surface area contributed by atoms with Crippen molar-refractivity contribution in [3.63, 3.8) is 0 Å². The molecule has 1 amide bonds. The van der Waals surface area contributed by atoms with Crippen molar-refractivity contribution in [2.24, 2.45) is 4.99 Å². The molecule has 4 rings (SSSR count). The van der Waals surface area contributed by atoms with Crippen molar-refractivity contribution >= 4 is 35.8 Å². The Balaban J connectivity index is 0.00000289. The number of nitrogens with one attached hydrogen (secondary N) is 2. The van der Waals surface area contributed by atoms with Crippen LogP contribution in [0.5, 0.6) is 0 Å². The number of aliphatic imine (C=N–C) groups is 1. The second-order valence-corrected chi connectivity index (χ2v) is 7.59. The van der Waals surface area contributed by atoms with Crippen LogP contribution in [0.3, 0.4) is 0 Å². The molecule has 7 nitrogen and oxygen atoms in total. The minimum absolute atomic E-state index is 0. The van der Waals surface area contributed by atoms with Gasteiger partial charge in [-0.3, -0.25) is 14.5 Å². The summed E-state index contributed by atoms with van der Waals surface area (Å²) in [4.78, 5) is 18.9. The SMILES string of the molecule is CN=C(NCC(=O)N1CCc2ccccc2C1)NCc1ccccc1Cn1cccn1.I. The van der Waals surface area contributed by atoms with Gasteiger partial charge in [-0.25, -0.2) is 0 Å². The summed E-state index contributed by atoms with van der Waals surface area (Å²) in [5.74, 6) is 0.691. The van der Waals surface area contributed by atoms with Crippen LogP contribution in [0.2, 0.25) is 0 Å². The lowest BCUT2D eigenvalue weighted by molar-refractivity contribution is -0.130. The maximum Gasteiger partial charge on any atom is 0.242 e. The van der Waals surface area contributed by atoms with Gasteiger partial charge in [0.05, 0.1) is 13.1 Å². The highest BCUT2D eigenvalue weighted by atomic mass is 127. The summed E-state index contributed by atoms with van der Waals surface area (Å²) in [6, 6.07) is 18.5. The predicted molar refractivity (Wildman–Crippen MR) is 137 cm³/mol. The van der Waals surface area contributed by atoms with Gasteiger partial charge in [-0.05, 0) is 34.7 Å². The van der Waals surface area contributed by atoms with E-state index in [9.17, 15) is 4.79 Å². The van der Waals surface area contributed by atoms with Crippen LogP contribution in [0.15, 0.2) is 72.0 Å². The van der Waals surface area contributed by atoms with Gasteiger partial charge in [-0.2, -0.15) is 5.10 Å². The summed E-state index contributed by atoms with van der Waals surface area (Å²) < 4.78 is 1.90. The number of carbonyl (C=O) groups excluding carboxylic acids is 1. The maximum absolute atomic E-state index is 12.7. The summed E-state index contributed by atoms with van der Waals surface area (Å²) in [5.41, 5.74) is 4.93. The van der Waals surface area contributed by atoms with E-state index >= 15 is 0 Å². The Kier molecular flexibility index (Phi) is 8.66. The van der Waals surface area contributed by atoms with Crippen LogP contribution in [0.1, 0.15) is 22.3 Å². The van der Waals surface area contributed by atoms with Crippen LogP contribution in [0, 0.1) is 0 Å². The first-order chi connectivity index (χ1) is 15.2. The summed E-state index contributed by atoms with van der Waals surface area (Å²) in [7, 11) is 1.71. The van der Waals surface area contributed by atoms with E-state index in [1.165, 1.54) is 22.3 Å². The standard InChI is InChI=1S/C24H28N6O.HI/c1-25-24(26-15-20-8-3-5-10-22(20)18-30-13-6-12-28-30)27-16-23(31)29-14-11-19-7-2-4-9-21(19)17-29;/h2-10,12-13H,11,14-18H2,1H3,(H2,25,26,27);1H. The van der Waals surface area contributed by atoms with Crippen LogP contribution in [-0.2, 0) is 30.8 Å². The first-order valence-corrected chi connectivity index (χ1v) is 10.6. The highest BCUT2D eigenvalue weighted by molar-refractivity contribution is 14.0. The molecule has 1 aromatic heterocycles. The zero-order valence-corrected chi connectivity index (χ0v) is 20.5. The third-order valence-electron chi connectivity index (χ3n) is 5.57. The first kappa shape index (κ1) is 23.8. The van der Waals surface area contributed by atoms with Crippen molar-refractivity contribution in [1.82, 2.24) is 25.3 Å². The molecule has 168 valence electrons. The third kappa shape index (κ3) is 6.09. The third-order valence-corrected chi connectivity index (χ3v) is 5.57. The molecule has 0 unspecified atom stereocenters. The van der Waals surface area contributed by atoms with Crippen molar-refractivity contribution < 1.29 is 4.79 Å². The molecule has 2 heterocycles. The van der Waals surface area contributed by atoms with Crippen LogP contribution >= 0.6 is 24.0 Å². The number of guanidine groups is 1. The Bertz CT molecular complexity index is 1050. The molecule has 0 radical (unpaired) electrons. The van der Waals surface area contributed by atoms with Gasteiger partial charge in [0, 0.05) is 39.1 Å². The second kappa shape index (κ2) is 11.7. The lowest BCUT2D eigenvalue weighted by Gasteiger charge is -2.29. The molecule has 0 bridgehead atoms. The summed E-state index contributed by atoms with van der Waals surface area (Å²) >= 11 is 0. The molecule has 0 saturated heterocycles. The topological polar surface area (TPSA) is 74.6 Å². The molecule has 2 N–H and O–H groups in total. The van der Waals surface area contributed by atoms with Crippen LogP contribution in [0.4, 0.5) is 0 Å². The monoisotopic (exact) mass is 544 g/mol. The number of benzene rings is 2. The molecule has 0 fully saturated rings. The molecular formula is C24H29IN6O. The van der Waals surface area contributed by atoms with E-state index in [4.69, 9.17) is 0 Å². The Morgan fingerprint density at radius 1 is 1.03 bits per heavy atom. The molecule has 1 aliphatic rings. The van der Waals surface area contributed by atoms with Gasteiger partial charge in [0.1, 0.15) is 0 Å². The molecule has 0 atom stereocenters. The largest absolute Gasteiger partial charge is 0.352 e. The maximum atomic E-state index is 12.7. The van der Waals surface area contributed by atoms with Gasteiger partial charge in [0.25, 0.3) is 0 Å². The van der Waals surface area contributed by atoms with Crippen LogP contribution in [0.25, 0.3) is 0 Å². The first-order valence-electron chi connectivity index (χ1n) is 10.6. The van der Waals surface area contributed by atoms with Gasteiger partial charge in [0.15, 0.2) is 5.96 Å². The summed E-state index contributed by atoms with van der Waals surface area (Å²) in [6.45, 7) is 2.97. The molecule has 0 spiro atoms. The lowest BCUT2D eigenvalue weighted by atomic mass is 10.00. The minimum atomic E-state index is 0. The van der Waals surface area contributed by atoms with E-state index in [1.54, 1.807) is 13.2 Å². The number of nitrogens with zero attached hydrogens (tertiary/aromatic N) is 4. The van der Waals surface area contributed by atoms with Crippen molar-refractivity contribution in [2.45, 2.75) is 26.1 Å². The van der Waals surface area contributed by atoms with Crippen molar-refractivity contribution in [2.75, 3.05) is 20.1 Å². The van der Waals surface area contributed by atoms with Gasteiger partial charge in [0.2, 0.25) is 5.91 Å². The number of carbonyl (C=O) groups is 1. The average Bonchev–Trinajstić information content (AvgIpc) is 3.32. The van der Waals surface area contributed by atoms with E-state index in [2.05, 4.69) is 51.1 Å². The minimum Gasteiger partial charge on any atom is -0.352 e. The fourth-order valence-electron chi connectivity index (χ4n) is 3.83. The number of rotatable bonds is 6.